The van der Waals surface area contributed by atoms with Gasteiger partial charge < -0.3 is 0 Å². The molecule has 0 aromatic heterocycles. The topological polar surface area (TPSA) is 78.0 Å². The van der Waals surface area contributed by atoms with Gasteiger partial charge in [0.1, 0.15) is 5.82 Å². The summed E-state index contributed by atoms with van der Waals surface area (Å²) in [6, 6.07) is 4.77. The first kappa shape index (κ1) is 17.3. The largest absolute Gasteiger partial charge is 0.281 e. The molecule has 0 unspecified atom stereocenters. The smallest absolute Gasteiger partial charge is 0.207 e. The Morgan fingerprint density at radius 3 is 2.05 bits per heavy atom. The Hall–Kier alpha value is -1.07. The summed E-state index contributed by atoms with van der Waals surface area (Å²) >= 11 is 0. The van der Waals surface area contributed by atoms with Crippen LogP contribution in [0.3, 0.4) is 0 Å². The van der Waals surface area contributed by atoms with Crippen LogP contribution in [0.1, 0.15) is 0 Å². The number of piperazine rings is 1. The molecule has 124 valence electrons. The van der Waals surface area contributed by atoms with E-state index in [-0.39, 0.29) is 31.1 Å². The molecule has 7 nitrogen and oxygen atoms in total. The second kappa shape index (κ2) is 6.20. The van der Waals surface area contributed by atoms with Crippen molar-refractivity contribution in [1.82, 2.24) is 12.9 Å². The number of rotatable bonds is 4. The van der Waals surface area contributed by atoms with Crippen LogP contribution >= 0.6 is 0 Å². The van der Waals surface area contributed by atoms with Gasteiger partial charge in [-0.2, -0.15) is 21.3 Å². The van der Waals surface area contributed by atoms with Crippen LogP contribution in [0.15, 0.2) is 29.2 Å². The maximum absolute atomic E-state index is 13.2. The van der Waals surface area contributed by atoms with Crippen LogP contribution in [0, 0.1) is 5.82 Å². The fourth-order valence-corrected chi connectivity index (χ4v) is 4.69. The summed E-state index contributed by atoms with van der Waals surface area (Å²) < 4.78 is 65.5. The Morgan fingerprint density at radius 2 is 1.55 bits per heavy atom. The van der Waals surface area contributed by atoms with E-state index in [1.165, 1.54) is 40.9 Å². The van der Waals surface area contributed by atoms with Crippen molar-refractivity contribution in [3.63, 3.8) is 0 Å². The minimum atomic E-state index is -3.82. The molecule has 2 rings (SSSR count). The standard InChI is InChI=1S/C12H18FN3O4S2/c1-14(2)22(19,20)16-8-6-15(7-9-16)21(17,18)12-5-3-4-11(13)10-12/h3-5,10H,6-9H2,1-2H3. The molecule has 1 aromatic rings. The molecule has 1 aliphatic rings. The van der Waals surface area contributed by atoms with Gasteiger partial charge in [-0.3, -0.25) is 0 Å². The Balaban J connectivity index is 2.15. The number of halogens is 1. The predicted molar refractivity (Wildman–Crippen MR) is 79.3 cm³/mol. The molecule has 1 saturated heterocycles. The lowest BCUT2D eigenvalue weighted by Gasteiger charge is -2.34. The van der Waals surface area contributed by atoms with Crippen LogP contribution in [-0.2, 0) is 20.2 Å². The predicted octanol–water partition coefficient (Wildman–Crippen LogP) is -0.0616. The fraction of sp³-hybridized carbons (Fsp3) is 0.500. The van der Waals surface area contributed by atoms with Crippen molar-refractivity contribution < 1.29 is 21.2 Å². The van der Waals surface area contributed by atoms with Gasteiger partial charge in [0.25, 0.3) is 10.2 Å². The molecule has 10 heteroatoms. The Kier molecular flexibility index (Phi) is 4.87. The number of sulfonamides is 1. The minimum Gasteiger partial charge on any atom is -0.207 e. The third-order valence-electron chi connectivity index (χ3n) is 3.42. The molecule has 22 heavy (non-hydrogen) atoms. The molecule has 1 fully saturated rings. The van der Waals surface area contributed by atoms with Gasteiger partial charge in [0.05, 0.1) is 4.90 Å². The number of nitrogens with zero attached hydrogens (tertiary/aromatic N) is 3. The lowest BCUT2D eigenvalue weighted by molar-refractivity contribution is 0.262. The van der Waals surface area contributed by atoms with E-state index in [0.29, 0.717) is 0 Å². The highest BCUT2D eigenvalue weighted by Crippen LogP contribution is 2.19. The van der Waals surface area contributed by atoms with Crippen LogP contribution in [-0.4, -0.2) is 70.0 Å². The van der Waals surface area contributed by atoms with Crippen LogP contribution < -0.4 is 0 Å². The van der Waals surface area contributed by atoms with Crippen molar-refractivity contribution in [2.24, 2.45) is 0 Å². The summed E-state index contributed by atoms with van der Waals surface area (Å²) in [5.41, 5.74) is 0. The molecule has 0 amide bonds. The molecule has 0 saturated carbocycles. The maximum Gasteiger partial charge on any atom is 0.281 e. The van der Waals surface area contributed by atoms with E-state index in [1.54, 1.807) is 0 Å². The van der Waals surface area contributed by atoms with E-state index in [1.807, 2.05) is 0 Å². The second-order valence-corrected chi connectivity index (χ2v) is 9.13. The normalized spacial score (nSPS) is 18.7. The van der Waals surface area contributed by atoms with Crippen molar-refractivity contribution in [3.8, 4) is 0 Å². The molecular formula is C12H18FN3O4S2. The molecule has 0 atom stereocenters. The summed E-state index contributed by atoms with van der Waals surface area (Å²) in [5, 5.41) is 0. The monoisotopic (exact) mass is 351 g/mol. The minimum absolute atomic E-state index is 0.0336. The molecule has 0 aliphatic carbocycles. The van der Waals surface area contributed by atoms with Gasteiger partial charge in [-0.05, 0) is 18.2 Å². The average Bonchev–Trinajstić information content (AvgIpc) is 2.47. The number of hydrogen-bond acceptors (Lipinski definition) is 4. The third-order valence-corrected chi connectivity index (χ3v) is 7.25. The van der Waals surface area contributed by atoms with Crippen molar-refractivity contribution in [1.29, 1.82) is 0 Å². The first-order valence-corrected chi connectivity index (χ1v) is 9.43. The van der Waals surface area contributed by atoms with Gasteiger partial charge in [0.15, 0.2) is 0 Å². The number of hydrogen-bond donors (Lipinski definition) is 0. The zero-order chi connectivity index (χ0) is 16.5. The van der Waals surface area contributed by atoms with E-state index in [4.69, 9.17) is 0 Å². The van der Waals surface area contributed by atoms with E-state index in [0.717, 1.165) is 10.4 Å². The molecule has 0 N–H and O–H groups in total. The van der Waals surface area contributed by atoms with Crippen LogP contribution in [0.5, 0.6) is 0 Å². The molecule has 1 heterocycles. The lowest BCUT2D eigenvalue weighted by Crippen LogP contribution is -2.52. The Morgan fingerprint density at radius 1 is 1.00 bits per heavy atom. The summed E-state index contributed by atoms with van der Waals surface area (Å²) in [4.78, 5) is -0.128. The fourth-order valence-electron chi connectivity index (χ4n) is 2.15. The molecule has 0 radical (unpaired) electrons. The summed E-state index contributed by atoms with van der Waals surface area (Å²) in [6.07, 6.45) is 0. The van der Waals surface area contributed by atoms with Gasteiger partial charge in [0, 0.05) is 40.3 Å². The Labute approximate surface area is 130 Å². The average molecular weight is 351 g/mol. The molecule has 1 aromatic carbocycles. The summed E-state index contributed by atoms with van der Waals surface area (Å²) in [5.74, 6) is -0.630. The van der Waals surface area contributed by atoms with Crippen molar-refractivity contribution in [3.05, 3.63) is 30.1 Å². The molecule has 0 bridgehead atoms. The zero-order valence-corrected chi connectivity index (χ0v) is 13.9. The zero-order valence-electron chi connectivity index (χ0n) is 12.3. The first-order chi connectivity index (χ1) is 10.2. The van der Waals surface area contributed by atoms with Crippen molar-refractivity contribution in [2.75, 3.05) is 40.3 Å². The third kappa shape index (κ3) is 3.30. The van der Waals surface area contributed by atoms with E-state index in [2.05, 4.69) is 0 Å². The van der Waals surface area contributed by atoms with E-state index >= 15 is 0 Å². The SMILES string of the molecule is CN(C)S(=O)(=O)N1CCN(S(=O)(=O)c2cccc(F)c2)CC1. The number of benzene rings is 1. The van der Waals surface area contributed by atoms with Crippen molar-refractivity contribution in [2.45, 2.75) is 4.90 Å². The van der Waals surface area contributed by atoms with Gasteiger partial charge in [-0.1, -0.05) is 6.07 Å². The first-order valence-electron chi connectivity index (χ1n) is 6.59. The van der Waals surface area contributed by atoms with E-state index < -0.39 is 26.0 Å². The highest BCUT2D eigenvalue weighted by molar-refractivity contribution is 7.89. The Bertz CT molecular complexity index is 741. The lowest BCUT2D eigenvalue weighted by atomic mass is 10.4. The quantitative estimate of drug-likeness (QED) is 0.761. The van der Waals surface area contributed by atoms with Crippen LogP contribution in [0.2, 0.25) is 0 Å². The summed E-state index contributed by atoms with van der Waals surface area (Å²) in [7, 11) is -4.53. The second-order valence-electron chi connectivity index (χ2n) is 5.05. The van der Waals surface area contributed by atoms with E-state index in [9.17, 15) is 21.2 Å². The molecular weight excluding hydrogens is 333 g/mol. The van der Waals surface area contributed by atoms with Gasteiger partial charge in [0.2, 0.25) is 10.0 Å². The van der Waals surface area contributed by atoms with Crippen molar-refractivity contribution >= 4 is 20.2 Å². The highest BCUT2D eigenvalue weighted by atomic mass is 32.2. The van der Waals surface area contributed by atoms with Gasteiger partial charge in [-0.15, -0.1) is 0 Å². The molecule has 1 aliphatic heterocycles. The summed E-state index contributed by atoms with van der Waals surface area (Å²) in [6.45, 7) is 0.196. The molecule has 0 spiro atoms. The van der Waals surface area contributed by atoms with Gasteiger partial charge in [-0.25, -0.2) is 12.8 Å². The van der Waals surface area contributed by atoms with Gasteiger partial charge >= 0.3 is 0 Å². The van der Waals surface area contributed by atoms with Crippen LogP contribution in [0.4, 0.5) is 4.39 Å². The maximum atomic E-state index is 13.2. The highest BCUT2D eigenvalue weighted by Gasteiger charge is 2.33. The van der Waals surface area contributed by atoms with Crippen LogP contribution in [0.25, 0.3) is 0 Å².